The number of ether oxygens (including phenoxy) is 2. The van der Waals surface area contributed by atoms with Crippen LogP contribution in [0.2, 0.25) is 0 Å². The second-order valence-electron chi connectivity index (χ2n) is 9.59. The molecule has 2 aromatic rings. The van der Waals surface area contributed by atoms with Crippen molar-refractivity contribution in [1.29, 1.82) is 0 Å². The van der Waals surface area contributed by atoms with E-state index in [0.29, 0.717) is 17.9 Å². The van der Waals surface area contributed by atoms with Gasteiger partial charge in [0.25, 0.3) is 0 Å². The molecule has 36 heavy (non-hydrogen) atoms. The van der Waals surface area contributed by atoms with E-state index in [0.717, 1.165) is 23.4 Å². The number of hydrogen-bond donors (Lipinski definition) is 0. The predicted octanol–water partition coefficient (Wildman–Crippen LogP) is 3.60. The molecular formula is C28H26N2O6. The summed E-state index contributed by atoms with van der Waals surface area (Å²) in [7, 11) is 0. The molecule has 8 nitrogen and oxygen atoms in total. The van der Waals surface area contributed by atoms with Gasteiger partial charge in [-0.1, -0.05) is 17.8 Å². The molecule has 3 fully saturated rings. The van der Waals surface area contributed by atoms with Crippen LogP contribution in [-0.2, 0) is 19.2 Å². The minimum absolute atomic E-state index is 0.0109. The molecule has 6 rings (SSSR count). The van der Waals surface area contributed by atoms with Crippen LogP contribution in [-0.4, -0.2) is 42.8 Å². The van der Waals surface area contributed by atoms with E-state index in [9.17, 15) is 14.4 Å². The van der Waals surface area contributed by atoms with Crippen molar-refractivity contribution in [2.75, 3.05) is 18.1 Å². The Bertz CT molecular complexity index is 1270. The number of carbonyl (C=O) groups excluding carboxylic acids is 3. The fraction of sp³-hybridized carbons (Fsp3) is 0.357. The van der Waals surface area contributed by atoms with E-state index in [1.54, 1.807) is 37.3 Å². The Hall–Kier alpha value is -3.94. The number of nitrogens with zero attached hydrogens (tertiary/aromatic N) is 2. The van der Waals surface area contributed by atoms with Crippen molar-refractivity contribution in [2.45, 2.75) is 19.4 Å². The predicted molar refractivity (Wildman–Crippen MR) is 131 cm³/mol. The number of rotatable bonds is 7. The summed E-state index contributed by atoms with van der Waals surface area (Å²) < 4.78 is 10.6. The third kappa shape index (κ3) is 3.27. The highest BCUT2D eigenvalue weighted by molar-refractivity contribution is 6.23. The van der Waals surface area contributed by atoms with Gasteiger partial charge in [0.2, 0.25) is 11.8 Å². The lowest BCUT2D eigenvalue weighted by molar-refractivity contribution is -0.125. The maximum absolute atomic E-state index is 13.6. The van der Waals surface area contributed by atoms with Crippen LogP contribution in [0, 0.1) is 29.6 Å². The second kappa shape index (κ2) is 8.62. The summed E-state index contributed by atoms with van der Waals surface area (Å²) >= 11 is 0. The van der Waals surface area contributed by atoms with Crippen molar-refractivity contribution < 1.29 is 28.7 Å². The number of anilines is 1. The lowest BCUT2D eigenvalue weighted by atomic mass is 9.71. The number of imide groups is 1. The Labute approximate surface area is 208 Å². The molecule has 6 atom stereocenters. The van der Waals surface area contributed by atoms with Crippen LogP contribution in [0.3, 0.4) is 0 Å². The van der Waals surface area contributed by atoms with Gasteiger partial charge in [-0.25, -0.2) is 4.79 Å². The number of carbonyl (C=O) groups is 3. The molecule has 0 radical (unpaired) electrons. The third-order valence-corrected chi connectivity index (χ3v) is 7.85. The first kappa shape index (κ1) is 22.5. The summed E-state index contributed by atoms with van der Waals surface area (Å²) in [5.74, 6) is -0.962. The molecule has 2 amide bonds. The van der Waals surface area contributed by atoms with Crippen LogP contribution in [0.1, 0.15) is 29.3 Å². The van der Waals surface area contributed by atoms with Crippen LogP contribution >= 0.6 is 0 Å². The van der Waals surface area contributed by atoms with Gasteiger partial charge in [0, 0.05) is 17.4 Å². The first-order valence-electron chi connectivity index (χ1n) is 12.3. The normalized spacial score (nSPS) is 29.5. The highest BCUT2D eigenvalue weighted by Gasteiger charge is 2.70. The summed E-state index contributed by atoms with van der Waals surface area (Å²) in [6.45, 7) is 6.11. The fourth-order valence-corrected chi connectivity index (χ4v) is 6.46. The van der Waals surface area contributed by atoms with Gasteiger partial charge in [-0.3, -0.25) is 14.5 Å². The molecular weight excluding hydrogens is 460 g/mol. The highest BCUT2D eigenvalue weighted by atomic mass is 16.6. The Balaban J connectivity index is 1.23. The molecule has 2 aliphatic heterocycles. The second-order valence-corrected chi connectivity index (χ2v) is 9.59. The lowest BCUT2D eigenvalue weighted by Crippen LogP contribution is -2.41. The van der Waals surface area contributed by atoms with Crippen LogP contribution in [0.15, 0.2) is 66.3 Å². The summed E-state index contributed by atoms with van der Waals surface area (Å²) in [5, 5.41) is 4.40. The first-order valence-corrected chi connectivity index (χ1v) is 12.3. The van der Waals surface area contributed by atoms with Gasteiger partial charge in [0.1, 0.15) is 18.5 Å². The smallest absolute Gasteiger partial charge is 0.338 e. The molecule has 2 bridgehead atoms. The van der Waals surface area contributed by atoms with E-state index >= 15 is 0 Å². The van der Waals surface area contributed by atoms with E-state index in [1.165, 1.54) is 4.90 Å². The Kier molecular flexibility index (Phi) is 5.39. The topological polar surface area (TPSA) is 94.5 Å². The van der Waals surface area contributed by atoms with Crippen molar-refractivity contribution in [1.82, 2.24) is 0 Å². The SMILES string of the molecule is C=CCOc1ccc(C2=NOC3C4CC(C23)C2C(=O)N(c3ccc(C(=O)OCC)cc3)C(=O)C42)cc1. The molecule has 0 N–H and O–H groups in total. The van der Waals surface area contributed by atoms with E-state index in [-0.39, 0.29) is 42.3 Å². The highest BCUT2D eigenvalue weighted by Crippen LogP contribution is 2.62. The molecule has 6 unspecified atom stereocenters. The Morgan fingerprint density at radius 1 is 1.06 bits per heavy atom. The van der Waals surface area contributed by atoms with Gasteiger partial charge < -0.3 is 14.3 Å². The molecule has 2 heterocycles. The zero-order valence-corrected chi connectivity index (χ0v) is 19.8. The average molecular weight is 487 g/mol. The number of hydrogen-bond acceptors (Lipinski definition) is 7. The maximum atomic E-state index is 13.6. The molecule has 0 spiro atoms. The lowest BCUT2D eigenvalue weighted by Gasteiger charge is -2.29. The zero-order chi connectivity index (χ0) is 25.0. The molecule has 2 saturated carbocycles. The number of benzene rings is 2. The minimum atomic E-state index is -0.435. The van der Waals surface area contributed by atoms with E-state index in [4.69, 9.17) is 14.3 Å². The first-order chi connectivity index (χ1) is 17.5. The molecule has 2 aromatic carbocycles. The summed E-state index contributed by atoms with van der Waals surface area (Å²) in [5.41, 5.74) is 2.62. The van der Waals surface area contributed by atoms with E-state index < -0.39 is 17.8 Å². The summed E-state index contributed by atoms with van der Waals surface area (Å²) in [6, 6.07) is 14.1. The molecule has 2 aliphatic carbocycles. The van der Waals surface area contributed by atoms with Gasteiger partial charge in [0.15, 0.2) is 0 Å². The fourth-order valence-electron chi connectivity index (χ4n) is 6.46. The summed E-state index contributed by atoms with van der Waals surface area (Å²) in [6.07, 6.45) is 2.26. The number of fused-ring (bicyclic) bond motifs is 8. The summed E-state index contributed by atoms with van der Waals surface area (Å²) in [4.78, 5) is 46.2. The van der Waals surface area contributed by atoms with Crippen molar-refractivity contribution in [3.05, 3.63) is 72.3 Å². The molecule has 8 heteroatoms. The third-order valence-electron chi connectivity index (χ3n) is 7.85. The van der Waals surface area contributed by atoms with E-state index in [1.807, 2.05) is 24.3 Å². The van der Waals surface area contributed by atoms with Crippen LogP contribution < -0.4 is 9.64 Å². The van der Waals surface area contributed by atoms with Gasteiger partial charge in [-0.2, -0.15) is 0 Å². The molecule has 1 saturated heterocycles. The average Bonchev–Trinajstić information content (AvgIpc) is 3.64. The molecule has 184 valence electrons. The monoisotopic (exact) mass is 486 g/mol. The van der Waals surface area contributed by atoms with Gasteiger partial charge >= 0.3 is 5.97 Å². The number of amides is 2. The Morgan fingerprint density at radius 2 is 1.75 bits per heavy atom. The van der Waals surface area contributed by atoms with Crippen LogP contribution in [0.25, 0.3) is 0 Å². The standard InChI is InChI=1S/C28H26N2O6/c1-3-13-35-18-11-7-15(8-12-18)24-23-19-14-20(25(23)36-29-24)22-21(19)26(31)30(27(22)32)17-9-5-16(6-10-17)28(33)34-4-2/h3,5-12,19-23,25H,1,4,13-14H2,2H3. The van der Waals surface area contributed by atoms with Crippen LogP contribution in [0.4, 0.5) is 5.69 Å². The van der Waals surface area contributed by atoms with Crippen molar-refractivity contribution >= 4 is 29.2 Å². The van der Waals surface area contributed by atoms with Gasteiger partial charge in [0.05, 0.1) is 35.4 Å². The van der Waals surface area contributed by atoms with Crippen molar-refractivity contribution in [3.63, 3.8) is 0 Å². The molecule has 4 aliphatic rings. The van der Waals surface area contributed by atoms with Crippen molar-refractivity contribution in [3.8, 4) is 5.75 Å². The van der Waals surface area contributed by atoms with E-state index in [2.05, 4.69) is 11.7 Å². The Morgan fingerprint density at radius 3 is 2.42 bits per heavy atom. The van der Waals surface area contributed by atoms with Crippen molar-refractivity contribution in [2.24, 2.45) is 34.7 Å². The minimum Gasteiger partial charge on any atom is -0.490 e. The zero-order valence-electron chi connectivity index (χ0n) is 19.8. The van der Waals surface area contributed by atoms with Crippen LogP contribution in [0.5, 0.6) is 5.75 Å². The van der Waals surface area contributed by atoms with Gasteiger partial charge in [-0.05, 0) is 67.8 Å². The largest absolute Gasteiger partial charge is 0.490 e. The quantitative estimate of drug-likeness (QED) is 0.337. The number of oxime groups is 1. The van der Waals surface area contributed by atoms with Gasteiger partial charge in [-0.15, -0.1) is 0 Å². The number of esters is 1. The molecule has 0 aromatic heterocycles. The maximum Gasteiger partial charge on any atom is 0.338 e.